The maximum absolute atomic E-state index is 12.6. The van der Waals surface area contributed by atoms with Crippen LogP contribution in [0.2, 0.25) is 0 Å². The second-order valence-corrected chi connectivity index (χ2v) is 8.39. The van der Waals surface area contributed by atoms with E-state index in [0.717, 1.165) is 23.3 Å². The summed E-state index contributed by atoms with van der Waals surface area (Å²) in [7, 11) is -1.62. The van der Waals surface area contributed by atoms with Gasteiger partial charge in [-0.2, -0.15) is 0 Å². The molecule has 0 bridgehead atoms. The van der Waals surface area contributed by atoms with Crippen molar-refractivity contribution in [3.05, 3.63) is 15.8 Å². The van der Waals surface area contributed by atoms with Crippen molar-refractivity contribution in [2.24, 2.45) is 5.92 Å². The van der Waals surface area contributed by atoms with Gasteiger partial charge in [0.25, 0.3) is 0 Å². The van der Waals surface area contributed by atoms with Crippen LogP contribution >= 0.6 is 11.3 Å². The topological polar surface area (TPSA) is 58.2 Å². The lowest BCUT2D eigenvalue weighted by Gasteiger charge is -2.26. The van der Waals surface area contributed by atoms with Gasteiger partial charge in [0.2, 0.25) is 10.0 Å². The highest BCUT2D eigenvalue weighted by atomic mass is 32.2. The van der Waals surface area contributed by atoms with Gasteiger partial charge < -0.3 is 5.32 Å². The van der Waals surface area contributed by atoms with Crippen LogP contribution in [0, 0.1) is 12.8 Å². The van der Waals surface area contributed by atoms with Gasteiger partial charge in [-0.1, -0.05) is 0 Å². The highest BCUT2D eigenvalue weighted by molar-refractivity contribution is 7.89. The van der Waals surface area contributed by atoms with E-state index in [0.29, 0.717) is 17.4 Å². The van der Waals surface area contributed by atoms with E-state index in [1.54, 1.807) is 0 Å². The third kappa shape index (κ3) is 3.18. The van der Waals surface area contributed by atoms with E-state index < -0.39 is 10.0 Å². The molecule has 1 fully saturated rings. The summed E-state index contributed by atoms with van der Waals surface area (Å²) in [5, 5.41) is 4.93. The Morgan fingerprint density at radius 1 is 1.42 bits per heavy atom. The Bertz CT molecular complexity index is 557. The summed E-state index contributed by atoms with van der Waals surface area (Å²) in [6, 6.07) is 0. The van der Waals surface area contributed by atoms with E-state index in [1.165, 1.54) is 11.3 Å². The molecular weight excluding hydrogens is 280 g/mol. The summed E-state index contributed by atoms with van der Waals surface area (Å²) in [5.41, 5.74) is 0.471. The molecule has 0 amide bonds. The van der Waals surface area contributed by atoms with Crippen molar-refractivity contribution in [1.29, 1.82) is 0 Å². The second kappa shape index (κ2) is 5.16. The van der Waals surface area contributed by atoms with Crippen molar-refractivity contribution >= 4 is 21.4 Å². The van der Waals surface area contributed by atoms with Crippen molar-refractivity contribution < 1.29 is 8.42 Å². The molecule has 108 valence electrons. The summed E-state index contributed by atoms with van der Waals surface area (Å²) in [6.45, 7) is 6.39. The maximum atomic E-state index is 12.6. The Kier molecular flexibility index (Phi) is 4.07. The third-order valence-corrected chi connectivity index (χ3v) is 6.73. The van der Waals surface area contributed by atoms with Gasteiger partial charge >= 0.3 is 0 Å². The largest absolute Gasteiger partial charge is 0.315 e. The minimum Gasteiger partial charge on any atom is -0.315 e. The first kappa shape index (κ1) is 15.0. The molecule has 4 nitrogen and oxygen atoms in total. The van der Waals surface area contributed by atoms with Crippen molar-refractivity contribution in [3.63, 3.8) is 0 Å². The van der Waals surface area contributed by atoms with Crippen molar-refractivity contribution in [2.45, 2.75) is 50.6 Å². The monoisotopic (exact) mass is 302 g/mol. The fourth-order valence-electron chi connectivity index (χ4n) is 2.42. The van der Waals surface area contributed by atoms with Gasteiger partial charge in [0.15, 0.2) is 0 Å². The second-order valence-electron chi connectivity index (χ2n) is 5.80. The van der Waals surface area contributed by atoms with Crippen molar-refractivity contribution in [3.8, 4) is 0 Å². The molecule has 1 aromatic heterocycles. The molecule has 2 N–H and O–H groups in total. The lowest BCUT2D eigenvalue weighted by atomic mass is 10.0. The van der Waals surface area contributed by atoms with E-state index in [9.17, 15) is 8.42 Å². The zero-order valence-electron chi connectivity index (χ0n) is 11.9. The summed E-state index contributed by atoms with van der Waals surface area (Å²) in [5.74, 6) is 0.467. The van der Waals surface area contributed by atoms with E-state index in [1.807, 2.05) is 33.2 Å². The van der Waals surface area contributed by atoms with E-state index in [2.05, 4.69) is 10.0 Å². The number of hydrogen-bond donors (Lipinski definition) is 2. The molecule has 0 atom stereocenters. The predicted octanol–water partition coefficient (Wildman–Crippen LogP) is 2.24. The van der Waals surface area contributed by atoms with Crippen molar-refractivity contribution in [2.75, 3.05) is 7.05 Å². The van der Waals surface area contributed by atoms with Gasteiger partial charge in [0.05, 0.1) is 0 Å². The number of sulfonamides is 1. The fraction of sp³-hybridized carbons (Fsp3) is 0.692. The smallest absolute Gasteiger partial charge is 0.242 e. The van der Waals surface area contributed by atoms with Crippen LogP contribution in [0.3, 0.4) is 0 Å². The normalized spacial score (nSPS) is 16.8. The number of rotatable bonds is 6. The number of nitrogens with one attached hydrogen (secondary N) is 2. The predicted molar refractivity (Wildman–Crippen MR) is 78.9 cm³/mol. The average Bonchev–Trinajstić information content (AvgIpc) is 3.04. The molecule has 0 aliphatic heterocycles. The number of hydrogen-bond acceptors (Lipinski definition) is 4. The van der Waals surface area contributed by atoms with Crippen LogP contribution in [-0.2, 0) is 16.6 Å². The zero-order chi connectivity index (χ0) is 14.3. The molecule has 1 aromatic rings. The molecule has 0 saturated heterocycles. The average molecular weight is 302 g/mol. The number of aryl methyl sites for hydroxylation is 1. The SMILES string of the molecule is CNCc1scc(C)c1S(=O)(=O)NC(C)(C)C1CC1. The van der Waals surface area contributed by atoms with E-state index in [4.69, 9.17) is 0 Å². The minimum absolute atomic E-state index is 0.357. The quantitative estimate of drug-likeness (QED) is 0.847. The molecule has 0 radical (unpaired) electrons. The molecule has 1 aliphatic carbocycles. The van der Waals surface area contributed by atoms with Gasteiger partial charge in [-0.15, -0.1) is 11.3 Å². The zero-order valence-corrected chi connectivity index (χ0v) is 13.5. The van der Waals surface area contributed by atoms with Gasteiger partial charge in [0, 0.05) is 17.0 Å². The lowest BCUT2D eigenvalue weighted by Crippen LogP contribution is -2.45. The molecule has 6 heteroatoms. The first-order valence-electron chi connectivity index (χ1n) is 6.53. The van der Waals surface area contributed by atoms with E-state index in [-0.39, 0.29) is 5.54 Å². The summed E-state index contributed by atoms with van der Waals surface area (Å²) < 4.78 is 28.1. The lowest BCUT2D eigenvalue weighted by molar-refractivity contribution is 0.400. The standard InChI is InChI=1S/C13H22N2O2S2/c1-9-8-18-11(7-14-4)12(9)19(16,17)15-13(2,3)10-5-6-10/h8,10,14-15H,5-7H2,1-4H3. The Labute approximate surface area is 119 Å². The van der Waals surface area contributed by atoms with Gasteiger partial charge in [-0.25, -0.2) is 13.1 Å². The molecule has 1 saturated carbocycles. The molecule has 0 unspecified atom stereocenters. The molecule has 2 rings (SSSR count). The molecule has 1 heterocycles. The minimum atomic E-state index is -3.44. The fourth-order valence-corrected chi connectivity index (χ4v) is 5.71. The summed E-state index contributed by atoms with van der Waals surface area (Å²) >= 11 is 1.50. The molecule has 1 aliphatic rings. The van der Waals surface area contributed by atoms with Crippen LogP contribution in [-0.4, -0.2) is 21.0 Å². The van der Waals surface area contributed by atoms with Crippen LogP contribution in [0.1, 0.15) is 37.1 Å². The number of thiophene rings is 1. The van der Waals surface area contributed by atoms with Gasteiger partial charge in [0.1, 0.15) is 4.90 Å². The van der Waals surface area contributed by atoms with E-state index >= 15 is 0 Å². The highest BCUT2D eigenvalue weighted by Gasteiger charge is 2.41. The van der Waals surface area contributed by atoms with Crippen LogP contribution in [0.25, 0.3) is 0 Å². The first-order chi connectivity index (χ1) is 8.78. The molecule has 19 heavy (non-hydrogen) atoms. The molecular formula is C13H22N2O2S2. The Morgan fingerprint density at radius 3 is 2.58 bits per heavy atom. The highest BCUT2D eigenvalue weighted by Crippen LogP contribution is 2.40. The van der Waals surface area contributed by atoms with Gasteiger partial charge in [-0.05, 0) is 57.5 Å². The van der Waals surface area contributed by atoms with Crippen LogP contribution in [0.4, 0.5) is 0 Å². The van der Waals surface area contributed by atoms with Crippen LogP contribution in [0.5, 0.6) is 0 Å². The van der Waals surface area contributed by atoms with Crippen molar-refractivity contribution in [1.82, 2.24) is 10.0 Å². The van der Waals surface area contributed by atoms with Crippen LogP contribution < -0.4 is 10.0 Å². The Morgan fingerprint density at radius 2 is 2.05 bits per heavy atom. The summed E-state index contributed by atoms with van der Waals surface area (Å²) in [4.78, 5) is 1.33. The molecule has 0 aromatic carbocycles. The van der Waals surface area contributed by atoms with Gasteiger partial charge in [-0.3, -0.25) is 0 Å². The Hall–Kier alpha value is -0.430. The maximum Gasteiger partial charge on any atom is 0.242 e. The first-order valence-corrected chi connectivity index (χ1v) is 8.90. The third-order valence-electron chi connectivity index (χ3n) is 3.59. The summed E-state index contributed by atoms with van der Waals surface area (Å²) in [6.07, 6.45) is 2.23. The van der Waals surface area contributed by atoms with Crippen LogP contribution in [0.15, 0.2) is 10.3 Å². The Balaban J connectivity index is 2.31. The molecule has 0 spiro atoms.